The smallest absolute Gasteiger partial charge is 0.397 e. The number of halogens is 4. The number of hydrogen-bond donors (Lipinski definition) is 0. The van der Waals surface area contributed by atoms with Gasteiger partial charge in [-0.3, -0.25) is 19.3 Å². The molecule has 0 saturated carbocycles. The van der Waals surface area contributed by atoms with Crippen LogP contribution in [-0.4, -0.2) is 67.2 Å². The second-order valence-corrected chi connectivity index (χ2v) is 7.33. The minimum Gasteiger partial charge on any atom is -0.487 e. The van der Waals surface area contributed by atoms with Crippen LogP contribution in [-0.2, 0) is 14.3 Å². The summed E-state index contributed by atoms with van der Waals surface area (Å²) in [4.78, 5) is 51.8. The zero-order valence-electron chi connectivity index (χ0n) is 18.4. The van der Waals surface area contributed by atoms with Gasteiger partial charge in [-0.05, 0) is 43.3 Å². The number of nitrogens with zero attached hydrogens (tertiary/aromatic N) is 2. The summed E-state index contributed by atoms with van der Waals surface area (Å²) < 4.78 is 60.2. The van der Waals surface area contributed by atoms with Gasteiger partial charge in [0.25, 0.3) is 11.8 Å². The molecule has 0 atom stereocenters. The first-order valence-corrected chi connectivity index (χ1v) is 10.4. The number of esters is 1. The minimum atomic E-state index is -4.35. The van der Waals surface area contributed by atoms with Crippen molar-refractivity contribution in [3.8, 4) is 5.75 Å². The number of carbonyl (C=O) groups is 4. The predicted molar refractivity (Wildman–Crippen MR) is 114 cm³/mol. The quantitative estimate of drug-likeness (QED) is 0.229. The third-order valence-corrected chi connectivity index (χ3v) is 5.02. The van der Waals surface area contributed by atoms with Crippen molar-refractivity contribution in [1.82, 2.24) is 4.90 Å². The third-order valence-electron chi connectivity index (χ3n) is 5.02. The molecule has 1 heterocycles. The normalized spacial score (nSPS) is 13.1. The van der Waals surface area contributed by atoms with Crippen LogP contribution in [0.4, 0.5) is 23.2 Å². The molecule has 1 aliphatic rings. The van der Waals surface area contributed by atoms with E-state index in [2.05, 4.69) is 0 Å². The number of imide groups is 1. The van der Waals surface area contributed by atoms with Crippen LogP contribution in [0, 0.1) is 0 Å². The van der Waals surface area contributed by atoms with Gasteiger partial charge >= 0.3 is 24.2 Å². The van der Waals surface area contributed by atoms with E-state index < -0.39 is 42.6 Å². The Morgan fingerprint density at radius 1 is 1.00 bits per heavy atom. The van der Waals surface area contributed by atoms with Crippen LogP contribution in [0.1, 0.15) is 27.6 Å². The lowest BCUT2D eigenvalue weighted by Crippen LogP contribution is -2.44. The number of alkyl halides is 4. The van der Waals surface area contributed by atoms with Crippen LogP contribution >= 0.6 is 0 Å². The van der Waals surface area contributed by atoms with E-state index >= 15 is 0 Å². The summed E-state index contributed by atoms with van der Waals surface area (Å²) in [7, 11) is 0. The van der Waals surface area contributed by atoms with Crippen molar-refractivity contribution in [3.05, 3.63) is 59.7 Å². The molecule has 3 amide bonds. The molecule has 0 bridgehead atoms. The van der Waals surface area contributed by atoms with Crippen molar-refractivity contribution in [3.63, 3.8) is 0 Å². The molecule has 0 spiro atoms. The van der Waals surface area contributed by atoms with Crippen LogP contribution in [0.5, 0.6) is 5.75 Å². The summed E-state index contributed by atoms with van der Waals surface area (Å²) in [6, 6.07) is 10.9. The molecule has 35 heavy (non-hydrogen) atoms. The lowest BCUT2D eigenvalue weighted by atomic mass is 10.1. The zero-order valence-corrected chi connectivity index (χ0v) is 18.4. The second kappa shape index (κ2) is 10.5. The highest BCUT2D eigenvalue weighted by molar-refractivity contribution is 6.38. The number of carbonyl (C=O) groups excluding carboxylic acids is 4. The van der Waals surface area contributed by atoms with Crippen molar-refractivity contribution in [2.45, 2.75) is 19.3 Å². The summed E-state index contributed by atoms with van der Waals surface area (Å²) in [5, 5.41) is 0. The van der Waals surface area contributed by atoms with Gasteiger partial charge in [0.2, 0.25) is 0 Å². The minimum absolute atomic E-state index is 0.0814. The van der Waals surface area contributed by atoms with Crippen LogP contribution in [0.3, 0.4) is 0 Å². The zero-order chi connectivity index (χ0) is 25.8. The molecule has 2 aromatic carbocycles. The van der Waals surface area contributed by atoms with Crippen molar-refractivity contribution in [2.24, 2.45) is 0 Å². The molecule has 0 N–H and O–H groups in total. The number of fused-ring (bicyclic) bond motifs is 1. The van der Waals surface area contributed by atoms with E-state index in [0.717, 1.165) is 21.9 Å². The highest BCUT2D eigenvalue weighted by Gasteiger charge is 2.41. The van der Waals surface area contributed by atoms with E-state index in [1.165, 1.54) is 31.2 Å². The summed E-state index contributed by atoms with van der Waals surface area (Å²) in [5.74, 6) is -7.93. The Hall–Kier alpha value is -3.96. The molecule has 12 heteroatoms. The lowest BCUT2D eigenvalue weighted by Gasteiger charge is -2.24. The Balaban J connectivity index is 1.77. The molecule has 186 valence electrons. The van der Waals surface area contributed by atoms with E-state index in [9.17, 15) is 36.7 Å². The molecule has 1 aliphatic heterocycles. The Morgan fingerprint density at radius 3 is 2.09 bits per heavy atom. The van der Waals surface area contributed by atoms with Gasteiger partial charge in [-0.2, -0.15) is 8.78 Å². The van der Waals surface area contributed by atoms with E-state index in [1.807, 2.05) is 0 Å². The van der Waals surface area contributed by atoms with Crippen LogP contribution in [0.2, 0.25) is 0 Å². The number of rotatable bonds is 9. The van der Waals surface area contributed by atoms with Gasteiger partial charge in [-0.25, -0.2) is 13.6 Å². The topological polar surface area (TPSA) is 93.2 Å². The van der Waals surface area contributed by atoms with Gasteiger partial charge in [-0.15, -0.1) is 0 Å². The maximum absolute atomic E-state index is 13.1. The summed E-state index contributed by atoms with van der Waals surface area (Å²) >= 11 is 0. The average molecular weight is 496 g/mol. The fourth-order valence-electron chi connectivity index (χ4n) is 3.26. The molecule has 2 aromatic rings. The summed E-state index contributed by atoms with van der Waals surface area (Å²) in [5.41, 5.74) is 0.512. The lowest BCUT2D eigenvalue weighted by molar-refractivity contribution is -0.153. The Labute approximate surface area is 197 Å². The number of hydrogen-bond acceptors (Lipinski definition) is 6. The SMILES string of the molecule is CCOC(=O)C(=O)N(CCN1C(=O)c2ccccc2C1=O)c1ccc(OCC(F)(F)C(F)F)cc1. The van der Waals surface area contributed by atoms with Crippen LogP contribution in [0.15, 0.2) is 48.5 Å². The molecule has 0 aromatic heterocycles. The predicted octanol–water partition coefficient (Wildman–Crippen LogP) is 3.16. The number of ether oxygens (including phenoxy) is 2. The average Bonchev–Trinajstić information content (AvgIpc) is 3.08. The first kappa shape index (κ1) is 25.7. The molecular formula is C23H20F4N2O6. The standard InChI is InChI=1S/C23H20F4N2O6/c1-2-34-21(33)20(32)28(11-12-29-18(30)16-5-3-4-6-17(16)19(29)31)14-7-9-15(10-8-14)35-13-23(26,27)22(24)25/h3-10,22H,2,11-13H2,1H3. The molecular weight excluding hydrogens is 476 g/mol. The van der Waals surface area contributed by atoms with Crippen molar-refractivity contribution < 1.29 is 46.2 Å². The maximum Gasteiger partial charge on any atom is 0.397 e. The summed E-state index contributed by atoms with van der Waals surface area (Å²) in [6.07, 6.45) is -3.90. The van der Waals surface area contributed by atoms with E-state index in [0.29, 0.717) is 0 Å². The fraction of sp³-hybridized carbons (Fsp3) is 0.304. The van der Waals surface area contributed by atoms with Crippen LogP contribution in [0.25, 0.3) is 0 Å². The third kappa shape index (κ3) is 5.58. The van der Waals surface area contributed by atoms with Gasteiger partial charge in [0, 0.05) is 18.8 Å². The van der Waals surface area contributed by atoms with Gasteiger partial charge in [0.05, 0.1) is 17.7 Å². The Kier molecular flexibility index (Phi) is 7.72. The monoisotopic (exact) mass is 496 g/mol. The highest BCUT2D eigenvalue weighted by atomic mass is 19.3. The molecule has 0 fully saturated rings. The maximum atomic E-state index is 13.1. The van der Waals surface area contributed by atoms with Crippen LogP contribution < -0.4 is 9.64 Å². The summed E-state index contributed by atoms with van der Waals surface area (Å²) in [6.45, 7) is -0.685. The van der Waals surface area contributed by atoms with E-state index in [1.54, 1.807) is 12.1 Å². The highest BCUT2D eigenvalue weighted by Crippen LogP contribution is 2.27. The van der Waals surface area contributed by atoms with E-state index in [4.69, 9.17) is 9.47 Å². The molecule has 0 radical (unpaired) electrons. The molecule has 0 unspecified atom stereocenters. The van der Waals surface area contributed by atoms with Gasteiger partial charge in [-0.1, -0.05) is 12.1 Å². The van der Waals surface area contributed by atoms with Crippen molar-refractivity contribution in [1.29, 1.82) is 0 Å². The first-order valence-electron chi connectivity index (χ1n) is 10.4. The number of anilines is 1. The molecule has 0 saturated heterocycles. The molecule has 8 nitrogen and oxygen atoms in total. The van der Waals surface area contributed by atoms with Gasteiger partial charge in [0.1, 0.15) is 5.75 Å². The number of amides is 3. The molecule has 3 rings (SSSR count). The molecule has 0 aliphatic carbocycles. The number of benzene rings is 2. The van der Waals surface area contributed by atoms with Gasteiger partial charge < -0.3 is 14.4 Å². The first-order chi connectivity index (χ1) is 16.6. The second-order valence-electron chi connectivity index (χ2n) is 7.33. The fourth-order valence-corrected chi connectivity index (χ4v) is 3.26. The van der Waals surface area contributed by atoms with E-state index in [-0.39, 0.29) is 42.3 Å². The Morgan fingerprint density at radius 2 is 1.57 bits per heavy atom. The van der Waals surface area contributed by atoms with Gasteiger partial charge in [0.15, 0.2) is 6.61 Å². The Bertz CT molecular complexity index is 1090. The van der Waals surface area contributed by atoms with Crippen molar-refractivity contribution >= 4 is 29.4 Å². The largest absolute Gasteiger partial charge is 0.487 e. The van der Waals surface area contributed by atoms with Crippen molar-refractivity contribution in [2.75, 3.05) is 31.2 Å².